The summed E-state index contributed by atoms with van der Waals surface area (Å²) in [6.07, 6.45) is 2.25. The number of amides is 1. The molecule has 0 saturated heterocycles. The Morgan fingerprint density at radius 1 is 1.04 bits per heavy atom. The molecule has 1 N–H and O–H groups in total. The summed E-state index contributed by atoms with van der Waals surface area (Å²) in [6.45, 7) is 20.8. The fourth-order valence-electron chi connectivity index (χ4n) is 7.94. The lowest BCUT2D eigenvalue weighted by molar-refractivity contribution is 0.0734. The van der Waals surface area contributed by atoms with E-state index >= 15 is 0 Å². The third-order valence-corrected chi connectivity index (χ3v) is 20.0. The zero-order valence-corrected chi connectivity index (χ0v) is 33.2. The third-order valence-electron chi connectivity index (χ3n) is 10.5. The monoisotopic (exact) mass is 716 g/mol. The van der Waals surface area contributed by atoms with E-state index in [1.807, 2.05) is 65.1 Å². The van der Waals surface area contributed by atoms with E-state index in [4.69, 9.17) is 14.1 Å². The Morgan fingerprint density at radius 3 is 2.37 bits per heavy atom. The predicted octanol–water partition coefficient (Wildman–Crippen LogP) is 9.14. The van der Waals surface area contributed by atoms with Crippen molar-refractivity contribution in [1.82, 2.24) is 24.2 Å². The van der Waals surface area contributed by atoms with Crippen molar-refractivity contribution >= 4 is 47.3 Å². The number of rotatable bonds is 7. The Kier molecular flexibility index (Phi) is 8.18. The topological polar surface area (TPSA) is 80.1 Å². The summed E-state index contributed by atoms with van der Waals surface area (Å²) in [5.74, 6) is 3.69. The van der Waals surface area contributed by atoms with Crippen LogP contribution in [0.2, 0.25) is 16.6 Å². The molecule has 0 spiro atoms. The average molecular weight is 717 g/mol. The molecule has 0 radical (unpaired) electrons. The summed E-state index contributed by atoms with van der Waals surface area (Å²) < 4.78 is 43.5. The molecule has 2 bridgehead atoms. The Balaban J connectivity index is 1.52. The Bertz CT molecular complexity index is 2110. The number of fused-ring (bicyclic) bond motifs is 9. The van der Waals surface area contributed by atoms with Gasteiger partial charge in [0.2, 0.25) is 0 Å². The molecule has 4 heterocycles. The van der Waals surface area contributed by atoms with E-state index in [0.717, 1.165) is 42.5 Å². The van der Waals surface area contributed by atoms with Gasteiger partial charge in [0.15, 0.2) is 0 Å². The number of aromatic nitrogens is 3. The maximum Gasteiger partial charge on any atom is 0.254 e. The highest BCUT2D eigenvalue weighted by Crippen LogP contribution is 2.49. The fourth-order valence-corrected chi connectivity index (χ4v) is 15.1. The largest absolute Gasteiger partial charge is 0.331 e. The first-order valence-electron chi connectivity index (χ1n) is 18.8. The Morgan fingerprint density at radius 2 is 1.73 bits per heavy atom. The second-order valence-electron chi connectivity index (χ2n) is 16.0. The first kappa shape index (κ1) is 31.8. The van der Waals surface area contributed by atoms with Crippen LogP contribution in [-0.4, -0.2) is 49.3 Å². The highest BCUT2D eigenvalue weighted by atomic mass is 32.2. The van der Waals surface area contributed by atoms with E-state index in [1.165, 1.54) is 0 Å². The molecule has 0 fully saturated rings. The van der Waals surface area contributed by atoms with Crippen LogP contribution in [0, 0.1) is 11.5 Å². The third kappa shape index (κ3) is 5.94. The van der Waals surface area contributed by atoms with Crippen molar-refractivity contribution in [2.75, 3.05) is 6.98 Å². The molecule has 0 aliphatic carbocycles. The van der Waals surface area contributed by atoms with Crippen LogP contribution in [0.4, 0.5) is 0 Å². The number of thiazole rings is 1. The van der Waals surface area contributed by atoms with Gasteiger partial charge >= 0.3 is 0 Å². The zero-order chi connectivity index (χ0) is 38.3. The summed E-state index contributed by atoms with van der Waals surface area (Å²) in [6, 6.07) is 10.6. The van der Waals surface area contributed by atoms with E-state index in [9.17, 15) is 9.00 Å². The molecule has 1 amide bonds. The quantitative estimate of drug-likeness (QED) is 0.153. The van der Waals surface area contributed by atoms with Crippen molar-refractivity contribution in [2.24, 2.45) is 0 Å². The maximum atomic E-state index is 14.3. The van der Waals surface area contributed by atoms with Gasteiger partial charge in [-0.1, -0.05) is 59.6 Å². The zero-order valence-electron chi connectivity index (χ0n) is 33.6. The molecule has 2 aliphatic heterocycles. The lowest BCUT2D eigenvalue weighted by atomic mass is 9.93. The summed E-state index contributed by atoms with van der Waals surface area (Å²) in [5.41, 5.74) is 9.02. The Hall–Kier alpha value is -3.10. The van der Waals surface area contributed by atoms with Gasteiger partial charge in [0, 0.05) is 40.4 Å². The Labute approximate surface area is 304 Å². The van der Waals surface area contributed by atoms with Crippen molar-refractivity contribution < 1.29 is 13.1 Å². The fraction of sp³-hybridized carbons (Fsp3) is 0.513. The number of nitrogens with zero attached hydrogens (tertiary/aromatic N) is 4. The SMILES string of the molecule is [2H]C([2H])([2H])N1C(=O)c2cccc(C#C[Si](C(C)C)(C(C)C)C(C)C)c2[C@H]2C[C@@H]1c1nc3ccc(-c4cnc(C(C)(C)NS(=O)C(C)(C)C)s4)cc3n12. The van der Waals surface area contributed by atoms with Crippen molar-refractivity contribution in [3.05, 3.63) is 70.1 Å². The smallest absolute Gasteiger partial charge is 0.254 e. The van der Waals surface area contributed by atoms with Crippen LogP contribution in [0.25, 0.3) is 21.5 Å². The summed E-state index contributed by atoms with van der Waals surface area (Å²) in [4.78, 5) is 26.0. The molecule has 4 aromatic rings. The average Bonchev–Trinajstić information content (AvgIpc) is 3.73. The molecular weight excluding hydrogens is 663 g/mol. The number of imidazole rings is 1. The number of hydrogen-bond acceptors (Lipinski definition) is 5. The van der Waals surface area contributed by atoms with E-state index in [-0.39, 0.29) is 6.04 Å². The molecule has 2 aromatic heterocycles. The van der Waals surface area contributed by atoms with Gasteiger partial charge in [-0.2, -0.15) is 0 Å². The molecule has 3 atom stereocenters. The van der Waals surface area contributed by atoms with Crippen molar-refractivity contribution in [2.45, 2.75) is 122 Å². The minimum absolute atomic E-state index is 0.335. The summed E-state index contributed by atoms with van der Waals surface area (Å²) in [5, 5.41) is 0.818. The van der Waals surface area contributed by atoms with Gasteiger partial charge in [-0.3, -0.25) is 4.79 Å². The number of carbonyl (C=O) groups is 1. The molecule has 2 aliphatic rings. The highest BCUT2D eigenvalue weighted by Gasteiger charge is 2.45. The molecule has 0 saturated carbocycles. The van der Waals surface area contributed by atoms with Gasteiger partial charge in [0.25, 0.3) is 5.91 Å². The van der Waals surface area contributed by atoms with E-state index in [0.29, 0.717) is 34.4 Å². The number of carbonyl (C=O) groups excluding carboxylic acids is 1. The normalized spacial score (nSPS) is 19.8. The van der Waals surface area contributed by atoms with Crippen molar-refractivity contribution in [1.29, 1.82) is 0 Å². The molecule has 1 unspecified atom stereocenters. The van der Waals surface area contributed by atoms with Gasteiger partial charge in [-0.25, -0.2) is 18.9 Å². The minimum atomic E-state index is -2.67. The van der Waals surface area contributed by atoms with Gasteiger partial charge in [-0.15, -0.1) is 16.9 Å². The van der Waals surface area contributed by atoms with Gasteiger partial charge < -0.3 is 9.47 Å². The van der Waals surface area contributed by atoms with Crippen LogP contribution in [-0.2, 0) is 16.5 Å². The predicted molar refractivity (Wildman–Crippen MR) is 207 cm³/mol. The van der Waals surface area contributed by atoms with Crippen LogP contribution in [0.15, 0.2) is 42.6 Å². The summed E-state index contributed by atoms with van der Waals surface area (Å²) in [7, 11) is -3.40. The second-order valence-corrected chi connectivity index (χ2v) is 24.6. The first-order valence-corrected chi connectivity index (χ1v) is 21.5. The molecular formula is C39H51N5O2S2Si. The van der Waals surface area contributed by atoms with Gasteiger partial charge in [0.1, 0.15) is 18.9 Å². The summed E-state index contributed by atoms with van der Waals surface area (Å²) >= 11 is 1.54. The minimum Gasteiger partial charge on any atom is -0.331 e. The van der Waals surface area contributed by atoms with Crippen LogP contribution in [0.5, 0.6) is 0 Å². The van der Waals surface area contributed by atoms with E-state index < -0.39 is 48.3 Å². The maximum absolute atomic E-state index is 14.3. The number of benzene rings is 2. The molecule has 2 aromatic carbocycles. The molecule has 10 heteroatoms. The lowest BCUT2D eigenvalue weighted by Crippen LogP contribution is -2.44. The first-order chi connectivity index (χ1) is 24.1. The molecule has 49 heavy (non-hydrogen) atoms. The number of hydrogen-bond donors (Lipinski definition) is 1. The van der Waals surface area contributed by atoms with Gasteiger partial charge in [-0.05, 0) is 81.1 Å². The van der Waals surface area contributed by atoms with Crippen molar-refractivity contribution in [3.8, 4) is 21.9 Å². The molecule has 7 nitrogen and oxygen atoms in total. The number of nitrogens with one attached hydrogen (secondary N) is 1. The molecule has 6 rings (SSSR count). The van der Waals surface area contributed by atoms with Crippen LogP contribution in [0.1, 0.15) is 131 Å². The van der Waals surface area contributed by atoms with E-state index in [1.54, 1.807) is 17.4 Å². The lowest BCUT2D eigenvalue weighted by Gasteiger charge is -2.38. The highest BCUT2D eigenvalue weighted by molar-refractivity contribution is 7.84. The molecule has 260 valence electrons. The van der Waals surface area contributed by atoms with Crippen LogP contribution < -0.4 is 4.72 Å². The van der Waals surface area contributed by atoms with E-state index in [2.05, 4.69) is 68.4 Å². The second kappa shape index (κ2) is 12.6. The van der Waals surface area contributed by atoms with Gasteiger partial charge in [0.05, 0.1) is 49.3 Å². The van der Waals surface area contributed by atoms with Crippen LogP contribution in [0.3, 0.4) is 0 Å². The van der Waals surface area contributed by atoms with Crippen molar-refractivity contribution in [3.63, 3.8) is 0 Å². The standard InChI is InChI=1S/C39H51N5O2S2Si/c1-23(2)49(24(3)4,25(5)6)19-18-26-14-13-15-28-34(26)31-21-32(43(12)36(28)45)35-41-29-17-16-27(20-30(29)44(31)35)33-22-40-37(47-33)39(10,11)42-48(46)38(7,8)9/h13-17,20,22-25,31-32,42H,21H2,1-12H3/t31-,32-,48?/m1/s1/i12D3. The van der Waals surface area contributed by atoms with Crippen LogP contribution >= 0.6 is 11.3 Å².